The fraction of sp³-hybridized carbons (Fsp3) is 0.400. The van der Waals surface area contributed by atoms with Crippen molar-refractivity contribution in [2.75, 3.05) is 18.5 Å². The molecule has 8 heteroatoms. The number of nitrogens with zero attached hydrogens (tertiary/aromatic N) is 3. The third kappa shape index (κ3) is 3.65. The molecule has 7 nitrogen and oxygen atoms in total. The minimum Gasteiger partial charge on any atom is -0.348 e. The van der Waals surface area contributed by atoms with Crippen molar-refractivity contribution >= 4 is 27.5 Å². The molecule has 1 saturated carbocycles. The standard InChI is InChI=1S/C20H19BrN4O3/c21-15-9-14(10-23-11-15)18(26)25-16-1-2-17(24-12-16)19(13-22)3-5-20(6-4-19)27-7-8-28-20/h1-2,9-12H,3-8H2,(H,25,26). The molecule has 1 spiro atoms. The summed E-state index contributed by atoms with van der Waals surface area (Å²) in [7, 11) is 0. The Hall–Kier alpha value is -2.34. The molecule has 144 valence electrons. The highest BCUT2D eigenvalue weighted by molar-refractivity contribution is 9.10. The maximum absolute atomic E-state index is 12.3. The van der Waals surface area contributed by atoms with E-state index in [1.54, 1.807) is 24.5 Å². The minimum atomic E-state index is -0.655. The normalized spacial score (nSPS) is 19.9. The smallest absolute Gasteiger partial charge is 0.257 e. The number of ether oxygens (including phenoxy) is 2. The average molecular weight is 443 g/mol. The summed E-state index contributed by atoms with van der Waals surface area (Å²) in [6.45, 7) is 1.22. The Bertz CT molecular complexity index is 910. The first-order valence-corrected chi connectivity index (χ1v) is 9.91. The molecule has 1 aliphatic heterocycles. The molecule has 2 aliphatic rings. The fourth-order valence-corrected chi connectivity index (χ4v) is 4.12. The highest BCUT2D eigenvalue weighted by Gasteiger charge is 2.48. The predicted octanol–water partition coefficient (Wildman–Crippen LogP) is 3.57. The summed E-state index contributed by atoms with van der Waals surface area (Å²) in [5.41, 5.74) is 1.07. The number of amides is 1. The maximum atomic E-state index is 12.3. The Morgan fingerprint density at radius 1 is 1.14 bits per heavy atom. The van der Waals surface area contributed by atoms with Crippen molar-refractivity contribution in [3.63, 3.8) is 0 Å². The summed E-state index contributed by atoms with van der Waals surface area (Å²) in [5, 5.41) is 12.7. The Labute approximate surface area is 171 Å². The van der Waals surface area contributed by atoms with Gasteiger partial charge in [-0.25, -0.2) is 0 Å². The summed E-state index contributed by atoms with van der Waals surface area (Å²) in [5.74, 6) is -0.791. The van der Waals surface area contributed by atoms with Crippen LogP contribution in [0, 0.1) is 11.3 Å². The Morgan fingerprint density at radius 3 is 2.50 bits per heavy atom. The maximum Gasteiger partial charge on any atom is 0.257 e. The van der Waals surface area contributed by atoms with Gasteiger partial charge < -0.3 is 14.8 Å². The summed E-state index contributed by atoms with van der Waals surface area (Å²) >= 11 is 3.30. The second-order valence-corrected chi connectivity index (χ2v) is 8.00. The van der Waals surface area contributed by atoms with E-state index in [1.807, 2.05) is 6.07 Å². The Kier molecular flexibility index (Phi) is 5.15. The van der Waals surface area contributed by atoms with Gasteiger partial charge in [0.15, 0.2) is 5.79 Å². The van der Waals surface area contributed by atoms with Gasteiger partial charge in [-0.3, -0.25) is 14.8 Å². The van der Waals surface area contributed by atoms with Gasteiger partial charge in [0, 0.05) is 29.7 Å². The zero-order chi connectivity index (χ0) is 19.6. The van der Waals surface area contributed by atoms with Crippen LogP contribution < -0.4 is 5.32 Å². The van der Waals surface area contributed by atoms with Crippen molar-refractivity contribution < 1.29 is 14.3 Å². The molecule has 1 saturated heterocycles. The molecular formula is C20H19BrN4O3. The van der Waals surface area contributed by atoms with E-state index in [0.717, 1.165) is 4.47 Å². The van der Waals surface area contributed by atoms with Crippen LogP contribution in [0.15, 0.2) is 41.3 Å². The minimum absolute atomic E-state index is 0.270. The largest absolute Gasteiger partial charge is 0.348 e. The second-order valence-electron chi connectivity index (χ2n) is 7.08. The van der Waals surface area contributed by atoms with Gasteiger partial charge in [-0.1, -0.05) is 0 Å². The van der Waals surface area contributed by atoms with Gasteiger partial charge in [0.05, 0.1) is 47.8 Å². The molecule has 28 heavy (non-hydrogen) atoms. The lowest BCUT2D eigenvalue weighted by Crippen LogP contribution is -2.41. The molecule has 2 aromatic rings. The van der Waals surface area contributed by atoms with E-state index in [9.17, 15) is 10.1 Å². The van der Waals surface area contributed by atoms with E-state index in [1.165, 1.54) is 6.20 Å². The van der Waals surface area contributed by atoms with Crippen LogP contribution in [0.1, 0.15) is 41.7 Å². The van der Waals surface area contributed by atoms with Gasteiger partial charge in [-0.2, -0.15) is 5.26 Å². The highest BCUT2D eigenvalue weighted by Crippen LogP contribution is 2.45. The molecule has 0 unspecified atom stereocenters. The number of nitrogens with one attached hydrogen (secondary N) is 1. The second kappa shape index (κ2) is 7.59. The lowest BCUT2D eigenvalue weighted by atomic mass is 9.70. The first kappa shape index (κ1) is 19.0. The molecule has 2 fully saturated rings. The van der Waals surface area contributed by atoms with Crippen LogP contribution in [0.3, 0.4) is 0 Å². The summed E-state index contributed by atoms with van der Waals surface area (Å²) in [4.78, 5) is 20.8. The van der Waals surface area contributed by atoms with E-state index < -0.39 is 11.2 Å². The van der Waals surface area contributed by atoms with Crippen LogP contribution >= 0.6 is 15.9 Å². The third-order valence-electron chi connectivity index (χ3n) is 5.37. The molecule has 1 aliphatic carbocycles. The number of hydrogen-bond acceptors (Lipinski definition) is 6. The molecule has 4 rings (SSSR count). The Balaban J connectivity index is 1.46. The summed E-state index contributed by atoms with van der Waals surface area (Å²) in [6.07, 6.45) is 7.32. The van der Waals surface area contributed by atoms with Gasteiger partial charge in [0.25, 0.3) is 5.91 Å². The lowest BCUT2D eigenvalue weighted by molar-refractivity contribution is -0.182. The Morgan fingerprint density at radius 2 is 1.89 bits per heavy atom. The van der Waals surface area contributed by atoms with Crippen LogP contribution in [0.2, 0.25) is 0 Å². The summed E-state index contributed by atoms with van der Waals surface area (Å²) in [6, 6.07) is 7.74. The van der Waals surface area contributed by atoms with Crippen LogP contribution in [0.25, 0.3) is 0 Å². The van der Waals surface area contributed by atoms with Gasteiger partial charge in [0.2, 0.25) is 0 Å². The lowest BCUT2D eigenvalue weighted by Gasteiger charge is -2.39. The number of anilines is 1. The van der Waals surface area contributed by atoms with E-state index in [2.05, 4.69) is 37.3 Å². The quantitative estimate of drug-likeness (QED) is 0.779. The fourth-order valence-electron chi connectivity index (χ4n) is 3.76. The molecule has 1 amide bonds. The molecule has 2 aromatic heterocycles. The molecule has 1 N–H and O–H groups in total. The van der Waals surface area contributed by atoms with Crippen molar-refractivity contribution in [1.82, 2.24) is 9.97 Å². The molecule has 0 aromatic carbocycles. The van der Waals surface area contributed by atoms with E-state index in [4.69, 9.17) is 9.47 Å². The molecule has 3 heterocycles. The zero-order valence-corrected chi connectivity index (χ0v) is 16.7. The molecule has 0 bridgehead atoms. The number of hydrogen-bond donors (Lipinski definition) is 1. The molecule has 0 atom stereocenters. The van der Waals surface area contributed by atoms with Crippen molar-refractivity contribution in [2.24, 2.45) is 0 Å². The van der Waals surface area contributed by atoms with E-state index in [-0.39, 0.29) is 5.91 Å². The third-order valence-corrected chi connectivity index (χ3v) is 5.81. The number of rotatable bonds is 3. The van der Waals surface area contributed by atoms with Crippen molar-refractivity contribution in [3.8, 4) is 6.07 Å². The average Bonchev–Trinajstić information content (AvgIpc) is 3.18. The first-order chi connectivity index (χ1) is 13.5. The van der Waals surface area contributed by atoms with E-state index >= 15 is 0 Å². The number of aromatic nitrogens is 2. The first-order valence-electron chi connectivity index (χ1n) is 9.12. The zero-order valence-electron chi connectivity index (χ0n) is 15.2. The van der Waals surface area contributed by atoms with Gasteiger partial charge >= 0.3 is 0 Å². The SMILES string of the molecule is N#CC1(c2ccc(NC(=O)c3cncc(Br)c3)cn2)CCC2(CC1)OCCO2. The number of pyridine rings is 2. The number of nitriles is 1. The van der Waals surface area contributed by atoms with Crippen LogP contribution in [-0.2, 0) is 14.9 Å². The summed E-state index contributed by atoms with van der Waals surface area (Å²) < 4.78 is 12.3. The van der Waals surface area contributed by atoms with E-state index in [0.29, 0.717) is 55.8 Å². The predicted molar refractivity (Wildman–Crippen MR) is 105 cm³/mol. The van der Waals surface area contributed by atoms with Gasteiger partial charge in [0.1, 0.15) is 0 Å². The highest BCUT2D eigenvalue weighted by atomic mass is 79.9. The number of halogens is 1. The van der Waals surface area contributed by atoms with Gasteiger partial charge in [-0.15, -0.1) is 0 Å². The monoisotopic (exact) mass is 442 g/mol. The van der Waals surface area contributed by atoms with Crippen molar-refractivity contribution in [3.05, 3.63) is 52.5 Å². The van der Waals surface area contributed by atoms with Crippen LogP contribution in [-0.4, -0.2) is 34.9 Å². The van der Waals surface area contributed by atoms with Crippen LogP contribution in [0.5, 0.6) is 0 Å². The topological polar surface area (TPSA) is 97.1 Å². The van der Waals surface area contributed by atoms with Crippen LogP contribution in [0.4, 0.5) is 5.69 Å². The van der Waals surface area contributed by atoms with Gasteiger partial charge in [-0.05, 0) is 47.0 Å². The van der Waals surface area contributed by atoms with Crippen molar-refractivity contribution in [2.45, 2.75) is 36.9 Å². The van der Waals surface area contributed by atoms with Crippen molar-refractivity contribution in [1.29, 1.82) is 5.26 Å². The number of carbonyl (C=O) groups is 1. The molecular weight excluding hydrogens is 424 g/mol. The number of carbonyl (C=O) groups excluding carboxylic acids is 1. The molecule has 0 radical (unpaired) electrons.